The number of hydrogen-bond acceptors (Lipinski definition) is 4. The van der Waals surface area contributed by atoms with E-state index in [1.54, 1.807) is 31.3 Å². The maximum atomic E-state index is 11.7. The standard InChI is InChI=1S/C11H12N4O2/c1-15-11(12-7-13-15)14-10(17)6-8-3-2-4-9(16)5-8/h2-5,7,16H,6H2,1H3,(H,12,13,14,17). The Balaban J connectivity index is 2.01. The molecule has 0 aliphatic heterocycles. The van der Waals surface area contributed by atoms with Gasteiger partial charge < -0.3 is 5.11 Å². The third-order valence-electron chi connectivity index (χ3n) is 2.24. The summed E-state index contributed by atoms with van der Waals surface area (Å²) in [6.07, 6.45) is 1.55. The van der Waals surface area contributed by atoms with Crippen LogP contribution in [0, 0.1) is 0 Å². The zero-order valence-corrected chi connectivity index (χ0v) is 9.29. The van der Waals surface area contributed by atoms with E-state index in [0.717, 1.165) is 5.56 Å². The lowest BCUT2D eigenvalue weighted by molar-refractivity contribution is -0.115. The molecule has 1 aromatic heterocycles. The molecule has 1 amide bonds. The topological polar surface area (TPSA) is 80.0 Å². The number of amides is 1. The van der Waals surface area contributed by atoms with Crippen molar-refractivity contribution in [3.63, 3.8) is 0 Å². The smallest absolute Gasteiger partial charge is 0.231 e. The Morgan fingerprint density at radius 2 is 2.35 bits per heavy atom. The van der Waals surface area contributed by atoms with Crippen LogP contribution in [0.5, 0.6) is 5.75 Å². The number of phenolic OH excluding ortho intramolecular Hbond substituents is 1. The fourth-order valence-electron chi connectivity index (χ4n) is 1.43. The molecule has 2 N–H and O–H groups in total. The monoisotopic (exact) mass is 232 g/mol. The first-order chi connectivity index (χ1) is 8.15. The van der Waals surface area contributed by atoms with Gasteiger partial charge in [0, 0.05) is 7.05 Å². The number of nitrogens with one attached hydrogen (secondary N) is 1. The van der Waals surface area contributed by atoms with Gasteiger partial charge in [0.15, 0.2) is 0 Å². The second-order valence-corrected chi connectivity index (χ2v) is 3.60. The van der Waals surface area contributed by atoms with E-state index < -0.39 is 0 Å². The van der Waals surface area contributed by atoms with Gasteiger partial charge in [-0.1, -0.05) is 12.1 Å². The molecule has 0 aliphatic carbocycles. The zero-order valence-electron chi connectivity index (χ0n) is 9.29. The highest BCUT2D eigenvalue weighted by molar-refractivity contribution is 5.90. The number of anilines is 1. The van der Waals surface area contributed by atoms with Crippen LogP contribution in [-0.4, -0.2) is 25.8 Å². The fourth-order valence-corrected chi connectivity index (χ4v) is 1.43. The van der Waals surface area contributed by atoms with Gasteiger partial charge >= 0.3 is 0 Å². The molecule has 0 saturated carbocycles. The van der Waals surface area contributed by atoms with Crippen molar-refractivity contribution in [3.8, 4) is 5.75 Å². The summed E-state index contributed by atoms with van der Waals surface area (Å²) in [5.74, 6) is 0.343. The number of benzene rings is 1. The van der Waals surface area contributed by atoms with Crippen LogP contribution in [-0.2, 0) is 18.3 Å². The van der Waals surface area contributed by atoms with Crippen molar-refractivity contribution in [2.24, 2.45) is 7.05 Å². The van der Waals surface area contributed by atoms with Crippen molar-refractivity contribution < 1.29 is 9.90 Å². The van der Waals surface area contributed by atoms with Crippen LogP contribution in [0.25, 0.3) is 0 Å². The molecule has 0 unspecified atom stereocenters. The lowest BCUT2D eigenvalue weighted by Gasteiger charge is -2.04. The van der Waals surface area contributed by atoms with E-state index in [1.807, 2.05) is 0 Å². The summed E-state index contributed by atoms with van der Waals surface area (Å²) in [6, 6.07) is 6.58. The molecular weight excluding hydrogens is 220 g/mol. The number of phenols is 1. The first-order valence-corrected chi connectivity index (χ1v) is 5.07. The Morgan fingerprint density at radius 3 is 3.00 bits per heavy atom. The molecule has 0 radical (unpaired) electrons. The second kappa shape index (κ2) is 4.65. The van der Waals surface area contributed by atoms with Gasteiger partial charge in [-0.3, -0.25) is 10.1 Å². The third kappa shape index (κ3) is 2.81. The van der Waals surface area contributed by atoms with Crippen molar-refractivity contribution in [1.82, 2.24) is 14.8 Å². The van der Waals surface area contributed by atoms with Gasteiger partial charge in [-0.2, -0.15) is 10.1 Å². The van der Waals surface area contributed by atoms with Crippen LogP contribution >= 0.6 is 0 Å². The predicted molar refractivity (Wildman–Crippen MR) is 61.4 cm³/mol. The first-order valence-electron chi connectivity index (χ1n) is 5.07. The van der Waals surface area contributed by atoms with E-state index in [9.17, 15) is 9.90 Å². The lowest BCUT2D eigenvalue weighted by atomic mass is 10.1. The highest BCUT2D eigenvalue weighted by Crippen LogP contribution is 2.11. The van der Waals surface area contributed by atoms with E-state index in [-0.39, 0.29) is 18.1 Å². The molecule has 0 atom stereocenters. The molecule has 88 valence electrons. The van der Waals surface area contributed by atoms with Crippen LogP contribution in [0.4, 0.5) is 5.95 Å². The maximum absolute atomic E-state index is 11.7. The zero-order chi connectivity index (χ0) is 12.3. The molecule has 1 aromatic carbocycles. The predicted octanol–water partition coefficient (Wildman–Crippen LogP) is 0.702. The molecule has 2 aromatic rings. The Kier molecular flexibility index (Phi) is 3.04. The number of aromatic nitrogens is 3. The van der Waals surface area contributed by atoms with Crippen LogP contribution in [0.3, 0.4) is 0 Å². The normalized spacial score (nSPS) is 10.2. The summed E-state index contributed by atoms with van der Waals surface area (Å²) >= 11 is 0. The highest BCUT2D eigenvalue weighted by Gasteiger charge is 2.07. The SMILES string of the molecule is Cn1ncnc1NC(=O)Cc1cccc(O)c1. The quantitative estimate of drug-likeness (QED) is 0.816. The first kappa shape index (κ1) is 11.1. The average Bonchev–Trinajstić information content (AvgIpc) is 2.64. The minimum Gasteiger partial charge on any atom is -0.508 e. The van der Waals surface area contributed by atoms with Gasteiger partial charge in [-0.15, -0.1) is 0 Å². The number of hydrogen-bond donors (Lipinski definition) is 2. The Bertz CT molecular complexity index is 536. The summed E-state index contributed by atoms with van der Waals surface area (Å²) < 4.78 is 1.47. The summed E-state index contributed by atoms with van der Waals surface area (Å²) in [5, 5.41) is 15.7. The molecule has 17 heavy (non-hydrogen) atoms. The van der Waals surface area contributed by atoms with Crippen molar-refractivity contribution >= 4 is 11.9 Å². The van der Waals surface area contributed by atoms with Gasteiger partial charge in [0.2, 0.25) is 11.9 Å². The summed E-state index contributed by atoms with van der Waals surface area (Å²) in [5.41, 5.74) is 0.740. The van der Waals surface area contributed by atoms with E-state index in [0.29, 0.717) is 5.95 Å². The minimum atomic E-state index is -0.202. The van der Waals surface area contributed by atoms with Gasteiger partial charge in [-0.25, -0.2) is 4.68 Å². The molecule has 6 nitrogen and oxygen atoms in total. The van der Waals surface area contributed by atoms with Crippen LogP contribution < -0.4 is 5.32 Å². The van der Waals surface area contributed by atoms with E-state index in [1.165, 1.54) is 11.0 Å². The summed E-state index contributed by atoms with van der Waals surface area (Å²) in [4.78, 5) is 15.6. The van der Waals surface area contributed by atoms with Gasteiger partial charge in [0.05, 0.1) is 6.42 Å². The summed E-state index contributed by atoms with van der Waals surface area (Å²) in [6.45, 7) is 0. The van der Waals surface area contributed by atoms with Gasteiger partial charge in [0.25, 0.3) is 0 Å². The minimum absolute atomic E-state index is 0.147. The number of carbonyl (C=O) groups excluding carboxylic acids is 1. The number of carbonyl (C=O) groups is 1. The molecule has 0 spiro atoms. The highest BCUT2D eigenvalue weighted by atomic mass is 16.3. The molecule has 0 aliphatic rings. The molecule has 0 fully saturated rings. The van der Waals surface area contributed by atoms with Crippen molar-refractivity contribution in [3.05, 3.63) is 36.2 Å². The van der Waals surface area contributed by atoms with E-state index in [4.69, 9.17) is 0 Å². The van der Waals surface area contributed by atoms with E-state index >= 15 is 0 Å². The third-order valence-corrected chi connectivity index (χ3v) is 2.24. The average molecular weight is 232 g/mol. The molecular formula is C11H12N4O2. The van der Waals surface area contributed by atoms with Crippen LogP contribution in [0.2, 0.25) is 0 Å². The van der Waals surface area contributed by atoms with Crippen molar-refractivity contribution in [2.45, 2.75) is 6.42 Å². The van der Waals surface area contributed by atoms with Crippen LogP contribution in [0.15, 0.2) is 30.6 Å². The molecule has 0 bridgehead atoms. The fraction of sp³-hybridized carbons (Fsp3) is 0.182. The van der Waals surface area contributed by atoms with Crippen molar-refractivity contribution in [2.75, 3.05) is 5.32 Å². The van der Waals surface area contributed by atoms with Gasteiger partial charge in [0.1, 0.15) is 12.1 Å². The maximum Gasteiger partial charge on any atom is 0.231 e. The number of nitrogens with zero attached hydrogens (tertiary/aromatic N) is 3. The molecule has 6 heteroatoms. The number of aromatic hydroxyl groups is 1. The largest absolute Gasteiger partial charge is 0.508 e. The Morgan fingerprint density at radius 1 is 1.53 bits per heavy atom. The molecule has 1 heterocycles. The van der Waals surface area contributed by atoms with Crippen molar-refractivity contribution in [1.29, 1.82) is 0 Å². The number of rotatable bonds is 3. The van der Waals surface area contributed by atoms with E-state index in [2.05, 4.69) is 15.4 Å². The summed E-state index contributed by atoms with van der Waals surface area (Å²) in [7, 11) is 1.69. The lowest BCUT2D eigenvalue weighted by Crippen LogP contribution is -2.17. The number of aryl methyl sites for hydroxylation is 1. The molecule has 2 rings (SSSR count). The Labute approximate surface area is 97.9 Å². The van der Waals surface area contributed by atoms with Gasteiger partial charge in [-0.05, 0) is 17.7 Å². The van der Waals surface area contributed by atoms with Crippen LogP contribution in [0.1, 0.15) is 5.56 Å². The molecule has 0 saturated heterocycles. The second-order valence-electron chi connectivity index (χ2n) is 3.60. The Hall–Kier alpha value is -2.37.